The second-order valence-electron chi connectivity index (χ2n) is 6.88. The van der Waals surface area contributed by atoms with Crippen molar-refractivity contribution in [1.82, 2.24) is 10.1 Å². The molecule has 0 bridgehead atoms. The van der Waals surface area contributed by atoms with Gasteiger partial charge in [-0.1, -0.05) is 19.0 Å². The van der Waals surface area contributed by atoms with E-state index in [1.807, 2.05) is 6.92 Å². The normalized spacial score (nSPS) is 22.0. The van der Waals surface area contributed by atoms with Crippen LogP contribution in [0.4, 0.5) is 0 Å². The summed E-state index contributed by atoms with van der Waals surface area (Å²) in [6.07, 6.45) is 3.92. The van der Waals surface area contributed by atoms with Gasteiger partial charge in [-0.3, -0.25) is 4.79 Å². The van der Waals surface area contributed by atoms with E-state index in [2.05, 4.69) is 24.0 Å². The highest BCUT2D eigenvalue weighted by Crippen LogP contribution is 2.46. The average Bonchev–Trinajstić information content (AvgIpc) is 2.91. The fourth-order valence-electron chi connectivity index (χ4n) is 2.81. The summed E-state index contributed by atoms with van der Waals surface area (Å²) in [5.74, 6) is 0.662. The van der Waals surface area contributed by atoms with Crippen LogP contribution in [0, 0.1) is 5.41 Å². The largest absolute Gasteiger partial charge is 0.367 e. The molecule has 0 aromatic carbocycles. The van der Waals surface area contributed by atoms with E-state index >= 15 is 0 Å². The lowest BCUT2D eigenvalue weighted by molar-refractivity contribution is -0.118. The Balaban J connectivity index is 2.25. The van der Waals surface area contributed by atoms with Crippen molar-refractivity contribution in [1.29, 1.82) is 0 Å². The molecule has 0 N–H and O–H groups in total. The van der Waals surface area contributed by atoms with Gasteiger partial charge in [-0.2, -0.15) is 4.98 Å². The Labute approximate surface area is 126 Å². The Hall–Kier alpha value is -1.23. The highest BCUT2D eigenvalue weighted by molar-refractivity contribution is 5.81. The van der Waals surface area contributed by atoms with Gasteiger partial charge in [-0.15, -0.1) is 0 Å². The molecule has 1 atom stereocenters. The second-order valence-corrected chi connectivity index (χ2v) is 6.88. The van der Waals surface area contributed by atoms with Crippen LogP contribution in [0.1, 0.15) is 77.9 Å². The van der Waals surface area contributed by atoms with Gasteiger partial charge in [0.25, 0.3) is 0 Å². The van der Waals surface area contributed by atoms with Crippen molar-refractivity contribution in [3.05, 3.63) is 11.7 Å². The minimum Gasteiger partial charge on any atom is -0.367 e. The molecule has 5 heteroatoms. The van der Waals surface area contributed by atoms with Crippen molar-refractivity contribution in [2.75, 3.05) is 6.61 Å². The summed E-state index contributed by atoms with van der Waals surface area (Å²) in [6, 6.07) is 0. The molecular weight excluding hydrogens is 268 g/mol. The average molecular weight is 294 g/mol. The molecular formula is C16H26N2O3. The molecule has 1 saturated carbocycles. The number of carbonyl (C=O) groups is 1. The molecule has 0 radical (unpaired) electrons. The van der Waals surface area contributed by atoms with E-state index in [4.69, 9.17) is 9.26 Å². The third-order valence-electron chi connectivity index (χ3n) is 4.66. The summed E-state index contributed by atoms with van der Waals surface area (Å²) >= 11 is 0. The third kappa shape index (κ3) is 3.34. The van der Waals surface area contributed by atoms with Crippen molar-refractivity contribution >= 4 is 5.78 Å². The van der Waals surface area contributed by atoms with Gasteiger partial charge in [0.05, 0.1) is 5.92 Å². The van der Waals surface area contributed by atoms with Gasteiger partial charge in [0.2, 0.25) is 11.7 Å². The van der Waals surface area contributed by atoms with Gasteiger partial charge in [0.1, 0.15) is 11.4 Å². The number of aromatic nitrogens is 2. The zero-order valence-corrected chi connectivity index (χ0v) is 13.7. The number of carbonyl (C=O) groups excluding carboxylic acids is 1. The number of nitrogens with zero attached hydrogens (tertiary/aromatic N) is 2. The Morgan fingerprint density at radius 2 is 1.95 bits per heavy atom. The quantitative estimate of drug-likeness (QED) is 0.830. The zero-order valence-electron chi connectivity index (χ0n) is 13.7. The maximum Gasteiger partial charge on any atom is 0.237 e. The monoisotopic (exact) mass is 294 g/mol. The van der Waals surface area contributed by atoms with Gasteiger partial charge in [0, 0.05) is 6.61 Å². The van der Waals surface area contributed by atoms with Gasteiger partial charge in [-0.05, 0) is 51.9 Å². The van der Waals surface area contributed by atoms with Gasteiger partial charge in [-0.25, -0.2) is 0 Å². The molecule has 2 rings (SSSR count). The van der Waals surface area contributed by atoms with Gasteiger partial charge >= 0.3 is 0 Å². The molecule has 1 unspecified atom stereocenters. The summed E-state index contributed by atoms with van der Waals surface area (Å²) < 4.78 is 11.3. The van der Waals surface area contributed by atoms with Crippen LogP contribution in [-0.2, 0) is 15.1 Å². The predicted octanol–water partition coefficient (Wildman–Crippen LogP) is 3.59. The molecule has 0 amide bonds. The minimum atomic E-state index is -0.456. The molecule has 1 fully saturated rings. The molecule has 1 aromatic heterocycles. The number of Topliss-reactive ketones (excluding diaryl/α,β-unsaturated/α-hetero) is 1. The number of ketones is 1. The molecule has 1 aliphatic rings. The summed E-state index contributed by atoms with van der Waals surface area (Å²) in [7, 11) is 0. The second kappa shape index (κ2) is 5.87. The van der Waals surface area contributed by atoms with Gasteiger partial charge in [0.15, 0.2) is 0 Å². The third-order valence-corrected chi connectivity index (χ3v) is 4.66. The lowest BCUT2D eigenvalue weighted by Crippen LogP contribution is -2.38. The molecule has 118 valence electrons. The smallest absolute Gasteiger partial charge is 0.237 e. The first-order valence-electron chi connectivity index (χ1n) is 7.78. The molecule has 5 nitrogen and oxygen atoms in total. The van der Waals surface area contributed by atoms with E-state index in [1.54, 1.807) is 6.92 Å². The van der Waals surface area contributed by atoms with Crippen LogP contribution in [0.15, 0.2) is 4.52 Å². The van der Waals surface area contributed by atoms with Crippen LogP contribution in [0.25, 0.3) is 0 Å². The van der Waals surface area contributed by atoms with Crippen LogP contribution >= 0.6 is 0 Å². The number of hydrogen-bond donors (Lipinski definition) is 0. The molecule has 1 heterocycles. The summed E-state index contributed by atoms with van der Waals surface area (Å²) in [4.78, 5) is 15.9. The van der Waals surface area contributed by atoms with E-state index in [0.29, 0.717) is 23.7 Å². The topological polar surface area (TPSA) is 65.2 Å². The van der Waals surface area contributed by atoms with Crippen molar-refractivity contribution in [2.45, 2.75) is 71.8 Å². The van der Waals surface area contributed by atoms with E-state index in [0.717, 1.165) is 25.7 Å². The lowest BCUT2D eigenvalue weighted by Gasteiger charge is -2.41. The molecule has 0 spiro atoms. The summed E-state index contributed by atoms with van der Waals surface area (Å²) in [6.45, 7) is 10.5. The summed E-state index contributed by atoms with van der Waals surface area (Å²) in [5, 5.41) is 4.12. The first-order valence-corrected chi connectivity index (χ1v) is 7.78. The molecule has 1 aliphatic carbocycles. The SMILES string of the molecule is CCOC1(c2noc(C(C)C(C)=O)n2)CCC(C)(C)CC1. The first kappa shape index (κ1) is 16.1. The van der Waals surface area contributed by atoms with Crippen molar-refractivity contribution in [3.8, 4) is 0 Å². The maximum atomic E-state index is 11.5. The Kier molecular flexibility index (Phi) is 4.51. The molecule has 0 aliphatic heterocycles. The Morgan fingerprint density at radius 3 is 2.48 bits per heavy atom. The van der Waals surface area contributed by atoms with Crippen LogP contribution in [-0.4, -0.2) is 22.5 Å². The maximum absolute atomic E-state index is 11.5. The van der Waals surface area contributed by atoms with E-state index in [-0.39, 0.29) is 11.7 Å². The van der Waals surface area contributed by atoms with Gasteiger partial charge < -0.3 is 9.26 Å². The predicted molar refractivity (Wildman–Crippen MR) is 78.9 cm³/mol. The highest BCUT2D eigenvalue weighted by Gasteiger charge is 2.44. The number of ether oxygens (including phenoxy) is 1. The van der Waals surface area contributed by atoms with Crippen molar-refractivity contribution in [2.24, 2.45) is 5.41 Å². The Bertz CT molecular complexity index is 497. The van der Waals surface area contributed by atoms with Crippen LogP contribution < -0.4 is 0 Å². The summed E-state index contributed by atoms with van der Waals surface area (Å²) in [5.41, 5.74) is -0.123. The van der Waals surface area contributed by atoms with Crippen LogP contribution in [0.3, 0.4) is 0 Å². The van der Waals surface area contributed by atoms with Crippen molar-refractivity contribution < 1.29 is 14.1 Å². The van der Waals surface area contributed by atoms with Crippen LogP contribution in [0.5, 0.6) is 0 Å². The lowest BCUT2D eigenvalue weighted by atomic mass is 9.70. The van der Waals surface area contributed by atoms with Crippen molar-refractivity contribution in [3.63, 3.8) is 0 Å². The highest BCUT2D eigenvalue weighted by atomic mass is 16.5. The molecule has 21 heavy (non-hydrogen) atoms. The fourth-order valence-corrected chi connectivity index (χ4v) is 2.81. The number of hydrogen-bond acceptors (Lipinski definition) is 5. The molecule has 1 aromatic rings. The van der Waals surface area contributed by atoms with E-state index in [9.17, 15) is 4.79 Å². The number of rotatable bonds is 5. The van der Waals surface area contributed by atoms with E-state index < -0.39 is 5.60 Å². The zero-order chi connectivity index (χ0) is 15.7. The molecule has 0 saturated heterocycles. The van der Waals surface area contributed by atoms with E-state index in [1.165, 1.54) is 6.92 Å². The first-order chi connectivity index (χ1) is 9.80. The minimum absolute atomic E-state index is 0.0282. The standard InChI is InChI=1S/C16H26N2O3/c1-6-20-16(9-7-15(4,5)8-10-16)14-17-13(21-18-14)11(2)12(3)19/h11H,6-10H2,1-5H3. The fraction of sp³-hybridized carbons (Fsp3) is 0.812. The van der Waals surface area contributed by atoms with Crippen LogP contribution in [0.2, 0.25) is 0 Å². The Morgan fingerprint density at radius 1 is 1.33 bits per heavy atom.